The van der Waals surface area contributed by atoms with Crippen molar-refractivity contribution in [1.82, 2.24) is 0 Å². The van der Waals surface area contributed by atoms with E-state index in [1.165, 1.54) is 5.57 Å². The Kier molecular flexibility index (Phi) is 4.05. The van der Waals surface area contributed by atoms with Crippen LogP contribution in [-0.2, 0) is 4.79 Å². The van der Waals surface area contributed by atoms with Gasteiger partial charge in [0.25, 0.3) is 0 Å². The van der Waals surface area contributed by atoms with Crippen LogP contribution in [0.1, 0.15) is 42.1 Å². The molecule has 3 nitrogen and oxygen atoms in total. The van der Waals surface area contributed by atoms with Crippen LogP contribution in [0.15, 0.2) is 41.0 Å². The fraction of sp³-hybridized carbons (Fsp3) is 0.312. The summed E-state index contributed by atoms with van der Waals surface area (Å²) >= 11 is 0. The van der Waals surface area contributed by atoms with Gasteiger partial charge in [-0.3, -0.25) is 14.6 Å². The number of aryl methyl sites for hydroxylation is 1. The zero-order valence-corrected chi connectivity index (χ0v) is 11.3. The Bertz CT molecular complexity index is 565. The quantitative estimate of drug-likeness (QED) is 0.598. The molecule has 0 fully saturated rings. The molecule has 1 aliphatic rings. The summed E-state index contributed by atoms with van der Waals surface area (Å²) in [6, 6.07) is 7.09. The van der Waals surface area contributed by atoms with Gasteiger partial charge >= 0.3 is 0 Å². The Balaban J connectivity index is 1.90. The molecule has 2 rings (SSSR count). The van der Waals surface area contributed by atoms with E-state index in [1.807, 2.05) is 32.2 Å². The van der Waals surface area contributed by atoms with Crippen molar-refractivity contribution in [1.29, 1.82) is 0 Å². The van der Waals surface area contributed by atoms with Gasteiger partial charge < -0.3 is 0 Å². The van der Waals surface area contributed by atoms with Crippen molar-refractivity contribution >= 4 is 17.3 Å². The fourth-order valence-corrected chi connectivity index (χ4v) is 2.00. The highest BCUT2D eigenvalue weighted by Crippen LogP contribution is 2.14. The van der Waals surface area contributed by atoms with E-state index in [9.17, 15) is 9.59 Å². The lowest BCUT2D eigenvalue weighted by Crippen LogP contribution is -2.15. The number of ketones is 2. The highest BCUT2D eigenvalue weighted by Gasteiger charge is 2.17. The Morgan fingerprint density at radius 1 is 1.16 bits per heavy atom. The number of carbonyl (C=O) groups is 2. The molecule has 1 heterocycles. The van der Waals surface area contributed by atoms with Crippen LogP contribution in [0.2, 0.25) is 0 Å². The zero-order chi connectivity index (χ0) is 13.8. The van der Waals surface area contributed by atoms with Crippen LogP contribution in [0, 0.1) is 6.92 Å². The van der Waals surface area contributed by atoms with Crippen LogP contribution in [0.25, 0.3) is 0 Å². The van der Waals surface area contributed by atoms with Gasteiger partial charge in [-0.15, -0.1) is 0 Å². The van der Waals surface area contributed by atoms with Crippen molar-refractivity contribution < 1.29 is 9.59 Å². The van der Waals surface area contributed by atoms with Crippen LogP contribution >= 0.6 is 0 Å². The summed E-state index contributed by atoms with van der Waals surface area (Å²) in [4.78, 5) is 28.0. The minimum atomic E-state index is -0.400. The third-order valence-electron chi connectivity index (χ3n) is 3.16. The van der Waals surface area contributed by atoms with Crippen LogP contribution in [0.5, 0.6) is 0 Å². The van der Waals surface area contributed by atoms with E-state index in [-0.39, 0.29) is 12.2 Å². The van der Waals surface area contributed by atoms with Gasteiger partial charge in [-0.2, -0.15) is 0 Å². The van der Waals surface area contributed by atoms with E-state index in [4.69, 9.17) is 0 Å². The van der Waals surface area contributed by atoms with E-state index < -0.39 is 5.78 Å². The second-order valence-electron chi connectivity index (χ2n) is 4.97. The number of aliphatic imine (C=N–C) groups is 1. The molecule has 0 saturated heterocycles. The molecular formula is C16H17NO2. The molecule has 98 valence electrons. The maximum Gasteiger partial charge on any atom is 0.228 e. The maximum atomic E-state index is 11.9. The molecule has 1 aromatic rings. The lowest BCUT2D eigenvalue weighted by Gasteiger charge is -2.02. The summed E-state index contributed by atoms with van der Waals surface area (Å²) < 4.78 is 0. The molecule has 19 heavy (non-hydrogen) atoms. The first-order valence-corrected chi connectivity index (χ1v) is 6.41. The van der Waals surface area contributed by atoms with Crippen molar-refractivity contribution in [2.45, 2.75) is 33.1 Å². The molecule has 3 heteroatoms. The Labute approximate surface area is 113 Å². The van der Waals surface area contributed by atoms with Crippen molar-refractivity contribution in [3.63, 3.8) is 0 Å². The maximum absolute atomic E-state index is 11.9. The average molecular weight is 255 g/mol. The number of hydrogen-bond donors (Lipinski definition) is 0. The fourth-order valence-electron chi connectivity index (χ4n) is 2.00. The number of allylic oxidation sites excluding steroid dienone is 1. The number of benzene rings is 1. The van der Waals surface area contributed by atoms with Crippen LogP contribution in [-0.4, -0.2) is 17.3 Å². The minimum Gasteiger partial charge on any atom is -0.290 e. The van der Waals surface area contributed by atoms with Crippen molar-refractivity contribution in [2.24, 2.45) is 4.99 Å². The second kappa shape index (κ2) is 5.74. The molecule has 0 atom stereocenters. The molecule has 0 N–H and O–H groups in total. The van der Waals surface area contributed by atoms with Gasteiger partial charge in [0.1, 0.15) is 0 Å². The van der Waals surface area contributed by atoms with Gasteiger partial charge in [0.05, 0.1) is 0 Å². The van der Waals surface area contributed by atoms with Gasteiger partial charge in [0.15, 0.2) is 0 Å². The van der Waals surface area contributed by atoms with Crippen molar-refractivity contribution in [3.05, 3.63) is 47.2 Å². The van der Waals surface area contributed by atoms with Crippen molar-refractivity contribution in [3.8, 4) is 0 Å². The molecule has 0 aromatic heterocycles. The third kappa shape index (κ3) is 3.47. The normalized spacial score (nSPS) is 14.0. The monoisotopic (exact) mass is 255 g/mol. The molecule has 0 bridgehead atoms. The standard InChI is InChI=1S/C16H17NO2/c1-11-3-5-13(6-4-11)16(19)15(18)8-7-14-9-12(2)10-17-14/h3-6,10H,7-9H2,1-2H3. The first-order valence-electron chi connectivity index (χ1n) is 6.41. The molecule has 0 spiro atoms. The zero-order valence-electron chi connectivity index (χ0n) is 11.3. The summed E-state index contributed by atoms with van der Waals surface area (Å²) in [6.45, 7) is 3.96. The first kappa shape index (κ1) is 13.4. The summed E-state index contributed by atoms with van der Waals surface area (Å²) in [5, 5.41) is 0. The second-order valence-corrected chi connectivity index (χ2v) is 4.97. The topological polar surface area (TPSA) is 46.5 Å². The first-order chi connectivity index (χ1) is 9.06. The van der Waals surface area contributed by atoms with Crippen LogP contribution in [0.4, 0.5) is 0 Å². The number of carbonyl (C=O) groups excluding carboxylic acids is 2. The third-order valence-corrected chi connectivity index (χ3v) is 3.16. The van der Waals surface area contributed by atoms with E-state index in [0.717, 1.165) is 17.7 Å². The van der Waals surface area contributed by atoms with Gasteiger partial charge in [0.2, 0.25) is 11.6 Å². The lowest BCUT2D eigenvalue weighted by molar-refractivity contribution is -0.115. The summed E-state index contributed by atoms with van der Waals surface area (Å²) in [5.41, 5.74) is 3.74. The smallest absolute Gasteiger partial charge is 0.228 e. The predicted octanol–water partition coefficient (Wildman–Crippen LogP) is 3.28. The minimum absolute atomic E-state index is 0.243. The molecule has 0 amide bonds. The largest absolute Gasteiger partial charge is 0.290 e. The van der Waals surface area contributed by atoms with Gasteiger partial charge in [-0.25, -0.2) is 0 Å². The SMILES string of the molecule is CC1=CN=C(CCC(=O)C(=O)c2ccc(C)cc2)C1. The molecule has 0 aliphatic carbocycles. The molecule has 1 aromatic carbocycles. The molecule has 0 saturated carbocycles. The van der Waals surface area contributed by atoms with E-state index >= 15 is 0 Å². The summed E-state index contributed by atoms with van der Waals surface area (Å²) in [6.07, 6.45) is 3.46. The molecule has 0 radical (unpaired) electrons. The van der Waals surface area contributed by atoms with Gasteiger partial charge in [0, 0.05) is 30.3 Å². The molecule has 1 aliphatic heterocycles. The van der Waals surface area contributed by atoms with E-state index in [2.05, 4.69) is 4.99 Å². The molecular weight excluding hydrogens is 238 g/mol. The van der Waals surface area contributed by atoms with Crippen LogP contribution in [0.3, 0.4) is 0 Å². The Hall–Kier alpha value is -2.03. The summed E-state index contributed by atoms with van der Waals surface area (Å²) in [7, 11) is 0. The van der Waals surface area contributed by atoms with E-state index in [0.29, 0.717) is 12.0 Å². The van der Waals surface area contributed by atoms with Crippen molar-refractivity contribution in [2.75, 3.05) is 0 Å². The Morgan fingerprint density at radius 2 is 1.84 bits per heavy atom. The number of nitrogens with zero attached hydrogens (tertiary/aromatic N) is 1. The molecule has 0 unspecified atom stereocenters. The number of hydrogen-bond acceptors (Lipinski definition) is 3. The number of rotatable bonds is 5. The summed E-state index contributed by atoms with van der Waals surface area (Å²) in [5.74, 6) is -0.737. The van der Waals surface area contributed by atoms with Crippen LogP contribution < -0.4 is 0 Å². The highest BCUT2D eigenvalue weighted by atomic mass is 16.2. The van der Waals surface area contributed by atoms with E-state index in [1.54, 1.807) is 12.1 Å². The van der Waals surface area contributed by atoms with Gasteiger partial charge in [-0.05, 0) is 25.8 Å². The Morgan fingerprint density at radius 3 is 2.42 bits per heavy atom. The number of Topliss-reactive ketones (excluding diaryl/α,β-unsaturated/α-hetero) is 2. The highest BCUT2D eigenvalue weighted by molar-refractivity contribution is 6.43. The predicted molar refractivity (Wildman–Crippen MR) is 75.6 cm³/mol. The average Bonchev–Trinajstić information content (AvgIpc) is 2.82. The van der Waals surface area contributed by atoms with Gasteiger partial charge in [-0.1, -0.05) is 29.8 Å². The lowest BCUT2D eigenvalue weighted by atomic mass is 10.0.